The first-order valence-electron chi connectivity index (χ1n) is 7.38. The second-order valence-electron chi connectivity index (χ2n) is 5.70. The Bertz CT molecular complexity index is 719. The Morgan fingerprint density at radius 2 is 2.19 bits per heavy atom. The van der Waals surface area contributed by atoms with Gasteiger partial charge in [0.1, 0.15) is 0 Å². The Hall–Kier alpha value is -2.17. The molecule has 1 unspecified atom stereocenters. The van der Waals surface area contributed by atoms with Gasteiger partial charge in [-0.05, 0) is 37.8 Å². The Balaban J connectivity index is 1.66. The predicted octanol–water partition coefficient (Wildman–Crippen LogP) is 1.70. The van der Waals surface area contributed by atoms with Crippen molar-refractivity contribution in [3.05, 3.63) is 40.9 Å². The maximum Gasteiger partial charge on any atom is 0.261 e. The van der Waals surface area contributed by atoms with Crippen LogP contribution >= 0.6 is 0 Å². The molecule has 21 heavy (non-hydrogen) atoms. The Labute approximate surface area is 123 Å². The van der Waals surface area contributed by atoms with E-state index >= 15 is 0 Å². The topological polar surface area (TPSA) is 64.0 Å². The number of fused-ring (bicyclic) bond motifs is 1. The van der Waals surface area contributed by atoms with Gasteiger partial charge in [-0.25, -0.2) is 4.98 Å². The van der Waals surface area contributed by atoms with Crippen molar-refractivity contribution in [3.63, 3.8) is 0 Å². The van der Waals surface area contributed by atoms with Gasteiger partial charge in [-0.15, -0.1) is 0 Å². The molecule has 0 spiro atoms. The van der Waals surface area contributed by atoms with E-state index in [9.17, 15) is 9.59 Å². The molecular formula is C16H19N3O2. The van der Waals surface area contributed by atoms with E-state index in [0.29, 0.717) is 29.8 Å². The monoisotopic (exact) mass is 285 g/mol. The van der Waals surface area contributed by atoms with Crippen LogP contribution in [0.2, 0.25) is 0 Å². The van der Waals surface area contributed by atoms with Crippen molar-refractivity contribution >= 4 is 16.8 Å². The second-order valence-corrected chi connectivity index (χ2v) is 5.70. The van der Waals surface area contributed by atoms with E-state index in [2.05, 4.69) is 10.3 Å². The van der Waals surface area contributed by atoms with Crippen molar-refractivity contribution in [2.45, 2.75) is 38.8 Å². The molecule has 1 saturated carbocycles. The number of nitrogens with one attached hydrogen (secondary N) is 1. The fourth-order valence-corrected chi connectivity index (χ4v) is 2.53. The predicted molar refractivity (Wildman–Crippen MR) is 80.9 cm³/mol. The van der Waals surface area contributed by atoms with Crippen molar-refractivity contribution in [3.8, 4) is 0 Å². The summed E-state index contributed by atoms with van der Waals surface area (Å²) in [5.41, 5.74) is 0.592. The number of carbonyl (C=O) groups excluding carboxylic acids is 1. The van der Waals surface area contributed by atoms with Gasteiger partial charge in [0.15, 0.2) is 0 Å². The molecular weight excluding hydrogens is 266 g/mol. The number of benzene rings is 1. The first-order valence-corrected chi connectivity index (χ1v) is 7.38. The molecule has 1 amide bonds. The van der Waals surface area contributed by atoms with Crippen LogP contribution < -0.4 is 10.9 Å². The molecule has 1 fully saturated rings. The van der Waals surface area contributed by atoms with Crippen molar-refractivity contribution < 1.29 is 4.79 Å². The molecule has 0 radical (unpaired) electrons. The van der Waals surface area contributed by atoms with Gasteiger partial charge in [-0.3, -0.25) is 14.2 Å². The number of amides is 1. The van der Waals surface area contributed by atoms with Crippen LogP contribution in [0.1, 0.15) is 26.2 Å². The molecule has 1 heterocycles. The molecule has 1 aliphatic carbocycles. The Kier molecular flexibility index (Phi) is 3.73. The van der Waals surface area contributed by atoms with Crippen LogP contribution in [0.5, 0.6) is 0 Å². The summed E-state index contributed by atoms with van der Waals surface area (Å²) < 4.78 is 1.50. The number of para-hydroxylation sites is 1. The number of hydrogen-bond acceptors (Lipinski definition) is 3. The number of aryl methyl sites for hydroxylation is 1. The van der Waals surface area contributed by atoms with Gasteiger partial charge in [-0.1, -0.05) is 12.1 Å². The molecule has 0 saturated heterocycles. The first kappa shape index (κ1) is 13.8. The highest BCUT2D eigenvalue weighted by Gasteiger charge is 2.28. The summed E-state index contributed by atoms with van der Waals surface area (Å²) in [5, 5.41) is 3.58. The molecule has 5 heteroatoms. The standard InChI is InChI=1S/C16H19N3O2/c1-11(12-6-7-12)18-15(20)8-9-19-10-17-14-5-3-2-4-13(14)16(19)21/h2-5,10-12H,6-9H2,1H3,(H,18,20). The third-order valence-electron chi connectivity index (χ3n) is 4.03. The molecule has 1 N–H and O–H groups in total. The van der Waals surface area contributed by atoms with Gasteiger partial charge in [0.2, 0.25) is 5.91 Å². The third kappa shape index (κ3) is 3.12. The number of rotatable bonds is 5. The lowest BCUT2D eigenvalue weighted by Crippen LogP contribution is -2.35. The van der Waals surface area contributed by atoms with E-state index in [0.717, 1.165) is 0 Å². The lowest BCUT2D eigenvalue weighted by Gasteiger charge is -2.13. The normalized spacial score (nSPS) is 15.9. The lowest BCUT2D eigenvalue weighted by molar-refractivity contribution is -0.122. The summed E-state index contributed by atoms with van der Waals surface area (Å²) in [7, 11) is 0. The minimum absolute atomic E-state index is 0.00513. The average molecular weight is 285 g/mol. The fraction of sp³-hybridized carbons (Fsp3) is 0.438. The van der Waals surface area contributed by atoms with E-state index in [-0.39, 0.29) is 17.5 Å². The summed E-state index contributed by atoms with van der Waals surface area (Å²) in [6.45, 7) is 2.40. The zero-order valence-corrected chi connectivity index (χ0v) is 12.1. The van der Waals surface area contributed by atoms with Crippen LogP contribution in [-0.2, 0) is 11.3 Å². The Morgan fingerprint density at radius 3 is 2.95 bits per heavy atom. The van der Waals surface area contributed by atoms with Gasteiger partial charge in [0.25, 0.3) is 5.56 Å². The summed E-state index contributed by atoms with van der Waals surface area (Å²) in [4.78, 5) is 28.4. The Morgan fingerprint density at radius 1 is 1.43 bits per heavy atom. The zero-order valence-electron chi connectivity index (χ0n) is 12.1. The molecule has 3 rings (SSSR count). The zero-order chi connectivity index (χ0) is 14.8. The summed E-state index contributed by atoms with van der Waals surface area (Å²) in [6, 6.07) is 7.48. The van der Waals surface area contributed by atoms with E-state index < -0.39 is 0 Å². The molecule has 0 bridgehead atoms. The van der Waals surface area contributed by atoms with Crippen molar-refractivity contribution in [2.24, 2.45) is 5.92 Å². The molecule has 110 valence electrons. The number of carbonyl (C=O) groups is 1. The van der Waals surface area contributed by atoms with Crippen molar-refractivity contribution in [1.29, 1.82) is 0 Å². The molecule has 2 aromatic rings. The average Bonchev–Trinajstić information content (AvgIpc) is 3.31. The van der Waals surface area contributed by atoms with Gasteiger partial charge >= 0.3 is 0 Å². The summed E-state index contributed by atoms with van der Waals surface area (Å²) >= 11 is 0. The van der Waals surface area contributed by atoms with Crippen molar-refractivity contribution in [2.75, 3.05) is 0 Å². The van der Waals surface area contributed by atoms with Gasteiger partial charge in [-0.2, -0.15) is 0 Å². The van der Waals surface area contributed by atoms with Crippen molar-refractivity contribution in [1.82, 2.24) is 14.9 Å². The van der Waals surface area contributed by atoms with Crippen LogP contribution in [-0.4, -0.2) is 21.5 Å². The van der Waals surface area contributed by atoms with E-state index in [1.807, 2.05) is 25.1 Å². The van der Waals surface area contributed by atoms with Crippen LogP contribution in [0.4, 0.5) is 0 Å². The highest BCUT2D eigenvalue weighted by molar-refractivity contribution is 5.77. The molecule has 1 aliphatic rings. The minimum atomic E-state index is -0.0939. The minimum Gasteiger partial charge on any atom is -0.353 e. The fourth-order valence-electron chi connectivity index (χ4n) is 2.53. The largest absolute Gasteiger partial charge is 0.353 e. The van der Waals surface area contributed by atoms with Crippen LogP contribution in [0, 0.1) is 5.92 Å². The quantitative estimate of drug-likeness (QED) is 0.909. The third-order valence-corrected chi connectivity index (χ3v) is 4.03. The summed E-state index contributed by atoms with van der Waals surface area (Å²) in [6.07, 6.45) is 4.23. The van der Waals surface area contributed by atoms with E-state index in [4.69, 9.17) is 0 Å². The highest BCUT2D eigenvalue weighted by atomic mass is 16.2. The maximum absolute atomic E-state index is 12.3. The van der Waals surface area contributed by atoms with Crippen LogP contribution in [0.3, 0.4) is 0 Å². The molecule has 1 atom stereocenters. The first-order chi connectivity index (χ1) is 10.1. The maximum atomic E-state index is 12.3. The smallest absolute Gasteiger partial charge is 0.261 e. The highest BCUT2D eigenvalue weighted by Crippen LogP contribution is 2.32. The number of aromatic nitrogens is 2. The SMILES string of the molecule is CC(NC(=O)CCn1cnc2ccccc2c1=O)C1CC1. The van der Waals surface area contributed by atoms with E-state index in [1.54, 1.807) is 6.07 Å². The summed E-state index contributed by atoms with van der Waals surface area (Å²) in [5.74, 6) is 0.633. The molecule has 1 aromatic carbocycles. The number of nitrogens with zero attached hydrogens (tertiary/aromatic N) is 2. The van der Waals surface area contributed by atoms with Gasteiger partial charge in [0, 0.05) is 19.0 Å². The van der Waals surface area contributed by atoms with Crippen LogP contribution in [0.15, 0.2) is 35.4 Å². The second kappa shape index (κ2) is 5.68. The van der Waals surface area contributed by atoms with Gasteiger partial charge < -0.3 is 5.32 Å². The van der Waals surface area contributed by atoms with E-state index in [1.165, 1.54) is 23.7 Å². The van der Waals surface area contributed by atoms with Crippen LogP contribution in [0.25, 0.3) is 10.9 Å². The molecule has 1 aromatic heterocycles. The number of hydrogen-bond donors (Lipinski definition) is 1. The molecule has 5 nitrogen and oxygen atoms in total. The lowest BCUT2D eigenvalue weighted by atomic mass is 10.2. The molecule has 0 aliphatic heterocycles. The van der Waals surface area contributed by atoms with Gasteiger partial charge in [0.05, 0.1) is 17.2 Å².